The van der Waals surface area contributed by atoms with Gasteiger partial charge in [0.1, 0.15) is 12.4 Å². The van der Waals surface area contributed by atoms with Gasteiger partial charge in [-0.2, -0.15) is 0 Å². The normalized spacial score (nSPS) is 37.8. The first-order valence-electron chi connectivity index (χ1n) is 11.1. The van der Waals surface area contributed by atoms with Crippen LogP contribution >= 0.6 is 0 Å². The van der Waals surface area contributed by atoms with Crippen molar-refractivity contribution in [2.45, 2.75) is 63.6 Å². The Morgan fingerprint density at radius 1 is 1.04 bits per heavy atom. The monoisotopic (exact) mass is 374 g/mol. The van der Waals surface area contributed by atoms with Gasteiger partial charge in [0.05, 0.1) is 12.2 Å². The zero-order valence-corrected chi connectivity index (χ0v) is 16.8. The molecular weight excluding hydrogens is 344 g/mol. The van der Waals surface area contributed by atoms with Crippen LogP contribution < -0.4 is 4.74 Å². The molecule has 5 atom stereocenters. The highest BCUT2D eigenvalue weighted by molar-refractivity contribution is 5.41. The minimum atomic E-state index is 0.262. The third-order valence-electron chi connectivity index (χ3n) is 8.73. The van der Waals surface area contributed by atoms with E-state index >= 15 is 0 Å². The molecule has 28 heavy (non-hydrogen) atoms. The molecule has 0 amide bonds. The number of benzene rings is 2. The van der Waals surface area contributed by atoms with Crippen LogP contribution in [0, 0.1) is 17.3 Å². The fourth-order valence-corrected chi connectivity index (χ4v) is 7.04. The van der Waals surface area contributed by atoms with Crippen molar-refractivity contribution in [3.8, 4) is 5.75 Å². The van der Waals surface area contributed by atoms with E-state index in [0.717, 1.165) is 30.1 Å². The van der Waals surface area contributed by atoms with Crippen LogP contribution in [0.2, 0.25) is 0 Å². The van der Waals surface area contributed by atoms with Crippen molar-refractivity contribution in [2.24, 2.45) is 17.3 Å². The highest BCUT2D eigenvalue weighted by atomic mass is 16.6. The highest BCUT2D eigenvalue weighted by Crippen LogP contribution is 2.68. The van der Waals surface area contributed by atoms with Gasteiger partial charge in [-0.05, 0) is 85.1 Å². The van der Waals surface area contributed by atoms with E-state index in [0.29, 0.717) is 12.0 Å². The fraction of sp³-hybridized carbons (Fsp3) is 0.538. The van der Waals surface area contributed by atoms with E-state index in [1.54, 1.807) is 5.56 Å². The molecule has 2 saturated carbocycles. The van der Waals surface area contributed by atoms with Crippen LogP contribution in [0.4, 0.5) is 0 Å². The SMILES string of the molecule is C[C@]12CC[C@@H]3c4ccc(OCc5ccccc5)cc4CC[C@H]3[C@@H]1CC[C@]21CO1. The second-order valence-corrected chi connectivity index (χ2v) is 9.83. The number of ether oxygens (including phenoxy) is 2. The molecule has 1 aliphatic heterocycles. The molecule has 6 rings (SSSR count). The Bertz CT molecular complexity index is 885. The molecule has 2 nitrogen and oxygen atoms in total. The maximum atomic E-state index is 6.10. The summed E-state index contributed by atoms with van der Waals surface area (Å²) in [6.45, 7) is 4.22. The topological polar surface area (TPSA) is 21.8 Å². The van der Waals surface area contributed by atoms with Gasteiger partial charge in [-0.15, -0.1) is 0 Å². The Kier molecular flexibility index (Phi) is 3.72. The Labute approximate surface area is 168 Å². The summed E-state index contributed by atoms with van der Waals surface area (Å²) in [6.07, 6.45) is 7.90. The summed E-state index contributed by atoms with van der Waals surface area (Å²) < 4.78 is 12.1. The average Bonchev–Trinajstić information content (AvgIpc) is 3.47. The Morgan fingerprint density at radius 2 is 1.89 bits per heavy atom. The Morgan fingerprint density at radius 3 is 2.71 bits per heavy atom. The Balaban J connectivity index is 1.22. The van der Waals surface area contributed by atoms with Crippen molar-refractivity contribution in [1.82, 2.24) is 0 Å². The van der Waals surface area contributed by atoms with Crippen LogP contribution in [-0.2, 0) is 17.8 Å². The van der Waals surface area contributed by atoms with Crippen molar-refractivity contribution in [2.75, 3.05) is 6.61 Å². The van der Waals surface area contributed by atoms with Crippen molar-refractivity contribution in [1.29, 1.82) is 0 Å². The lowest BCUT2D eigenvalue weighted by Gasteiger charge is -2.50. The van der Waals surface area contributed by atoms with Gasteiger partial charge in [0.25, 0.3) is 0 Å². The molecule has 2 aromatic carbocycles. The van der Waals surface area contributed by atoms with E-state index < -0.39 is 0 Å². The average molecular weight is 375 g/mol. The summed E-state index contributed by atoms with van der Waals surface area (Å²) in [5.41, 5.74) is 5.07. The first-order chi connectivity index (χ1) is 13.7. The summed E-state index contributed by atoms with van der Waals surface area (Å²) >= 11 is 0. The molecular formula is C26H30O2. The van der Waals surface area contributed by atoms with E-state index in [4.69, 9.17) is 9.47 Å². The molecule has 0 unspecified atom stereocenters. The molecule has 2 heteroatoms. The van der Waals surface area contributed by atoms with Crippen molar-refractivity contribution < 1.29 is 9.47 Å². The molecule has 0 bridgehead atoms. The quantitative estimate of drug-likeness (QED) is 0.625. The van der Waals surface area contributed by atoms with Gasteiger partial charge in [0.15, 0.2) is 0 Å². The molecule has 1 spiro atoms. The number of fused-ring (bicyclic) bond motifs is 6. The maximum Gasteiger partial charge on any atom is 0.120 e. The van der Waals surface area contributed by atoms with Gasteiger partial charge >= 0.3 is 0 Å². The van der Waals surface area contributed by atoms with E-state index in [1.165, 1.54) is 49.7 Å². The van der Waals surface area contributed by atoms with E-state index in [-0.39, 0.29) is 5.60 Å². The zero-order valence-electron chi connectivity index (χ0n) is 16.8. The van der Waals surface area contributed by atoms with Gasteiger partial charge in [-0.25, -0.2) is 0 Å². The first kappa shape index (κ1) is 17.1. The molecule has 0 N–H and O–H groups in total. The number of aryl methyl sites for hydroxylation is 1. The number of epoxide rings is 1. The second kappa shape index (κ2) is 6.10. The van der Waals surface area contributed by atoms with Gasteiger partial charge in [0, 0.05) is 5.41 Å². The van der Waals surface area contributed by atoms with E-state index in [1.807, 2.05) is 0 Å². The van der Waals surface area contributed by atoms with Crippen LogP contribution in [0.25, 0.3) is 0 Å². The van der Waals surface area contributed by atoms with Gasteiger partial charge in [-0.3, -0.25) is 0 Å². The number of hydrogen-bond donors (Lipinski definition) is 0. The molecule has 2 aromatic rings. The molecule has 1 heterocycles. The fourth-order valence-electron chi connectivity index (χ4n) is 7.04. The van der Waals surface area contributed by atoms with Gasteiger partial charge < -0.3 is 9.47 Å². The zero-order chi connectivity index (χ0) is 18.8. The third-order valence-corrected chi connectivity index (χ3v) is 8.73. The van der Waals surface area contributed by atoms with Crippen LogP contribution in [0.3, 0.4) is 0 Å². The van der Waals surface area contributed by atoms with Crippen molar-refractivity contribution >= 4 is 0 Å². The van der Waals surface area contributed by atoms with E-state index in [9.17, 15) is 0 Å². The minimum absolute atomic E-state index is 0.262. The molecule has 3 fully saturated rings. The van der Waals surface area contributed by atoms with Crippen LogP contribution in [-0.4, -0.2) is 12.2 Å². The largest absolute Gasteiger partial charge is 0.489 e. The predicted molar refractivity (Wildman–Crippen MR) is 111 cm³/mol. The standard InChI is InChI=1S/C26H30O2/c1-25-13-11-22-21-10-8-20(27-16-18-5-3-2-4-6-18)15-19(21)7-9-23(22)24(25)12-14-26(25)17-28-26/h2-6,8,10,15,22-24H,7,9,11-14,16-17H2,1H3/t22-,23-,24+,25+,26+/m1/s1. The van der Waals surface area contributed by atoms with Crippen LogP contribution in [0.1, 0.15) is 61.6 Å². The predicted octanol–water partition coefficient (Wildman–Crippen LogP) is 5.89. The summed E-state index contributed by atoms with van der Waals surface area (Å²) in [5, 5.41) is 0. The lowest BCUT2D eigenvalue weighted by atomic mass is 9.54. The van der Waals surface area contributed by atoms with Gasteiger partial charge in [0.2, 0.25) is 0 Å². The third kappa shape index (κ3) is 2.43. The summed E-state index contributed by atoms with van der Waals surface area (Å²) in [5.74, 6) is 3.48. The summed E-state index contributed by atoms with van der Waals surface area (Å²) in [6, 6.07) is 17.4. The molecule has 0 radical (unpaired) electrons. The maximum absolute atomic E-state index is 6.10. The molecule has 3 aliphatic carbocycles. The second-order valence-electron chi connectivity index (χ2n) is 9.83. The molecule has 0 aromatic heterocycles. The lowest BCUT2D eigenvalue weighted by molar-refractivity contribution is 0.0121. The molecule has 146 valence electrons. The minimum Gasteiger partial charge on any atom is -0.489 e. The molecule has 4 aliphatic rings. The molecule has 1 saturated heterocycles. The first-order valence-corrected chi connectivity index (χ1v) is 11.1. The number of rotatable bonds is 3. The lowest BCUT2D eigenvalue weighted by Crippen LogP contribution is -2.45. The van der Waals surface area contributed by atoms with E-state index in [2.05, 4.69) is 55.5 Å². The van der Waals surface area contributed by atoms with Crippen molar-refractivity contribution in [3.05, 3.63) is 65.2 Å². The van der Waals surface area contributed by atoms with Gasteiger partial charge in [-0.1, -0.05) is 43.3 Å². The summed E-state index contributed by atoms with van der Waals surface area (Å²) in [7, 11) is 0. The van der Waals surface area contributed by atoms with Crippen LogP contribution in [0.15, 0.2) is 48.5 Å². The summed E-state index contributed by atoms with van der Waals surface area (Å²) in [4.78, 5) is 0. The van der Waals surface area contributed by atoms with Crippen molar-refractivity contribution in [3.63, 3.8) is 0 Å². The smallest absolute Gasteiger partial charge is 0.120 e. The number of hydrogen-bond acceptors (Lipinski definition) is 2. The Hall–Kier alpha value is -1.80. The van der Waals surface area contributed by atoms with Crippen LogP contribution in [0.5, 0.6) is 5.75 Å². The highest BCUT2D eigenvalue weighted by Gasteiger charge is 2.68.